The summed E-state index contributed by atoms with van der Waals surface area (Å²) in [6, 6.07) is 11.3. The quantitative estimate of drug-likeness (QED) is 0.381. The van der Waals surface area contributed by atoms with Gasteiger partial charge >= 0.3 is 0 Å². The van der Waals surface area contributed by atoms with Gasteiger partial charge in [-0.3, -0.25) is 9.89 Å². The molecule has 1 aromatic carbocycles. The van der Waals surface area contributed by atoms with Crippen molar-refractivity contribution in [2.45, 2.75) is 25.8 Å². The predicted molar refractivity (Wildman–Crippen MR) is 131 cm³/mol. The van der Waals surface area contributed by atoms with Crippen LogP contribution in [0.5, 0.6) is 0 Å². The molecule has 3 aliphatic heterocycles. The van der Waals surface area contributed by atoms with Crippen LogP contribution in [0.3, 0.4) is 0 Å². The number of ether oxygens (including phenoxy) is 1. The molecule has 2 atom stereocenters. The van der Waals surface area contributed by atoms with Crippen molar-refractivity contribution in [3.8, 4) is 0 Å². The van der Waals surface area contributed by atoms with Gasteiger partial charge in [0.2, 0.25) is 0 Å². The maximum Gasteiger partial charge on any atom is 0.193 e. The zero-order valence-corrected chi connectivity index (χ0v) is 20.2. The Morgan fingerprint density at radius 1 is 1.14 bits per heavy atom. The minimum Gasteiger partial charge on any atom is -0.381 e. The van der Waals surface area contributed by atoms with E-state index in [0.717, 1.165) is 65.0 Å². The fourth-order valence-corrected chi connectivity index (χ4v) is 4.85. The Morgan fingerprint density at radius 2 is 1.90 bits per heavy atom. The minimum absolute atomic E-state index is 0. The molecule has 2 unspecified atom stereocenters. The van der Waals surface area contributed by atoms with Gasteiger partial charge in [0, 0.05) is 76.6 Å². The summed E-state index contributed by atoms with van der Waals surface area (Å²) in [5.74, 6) is 1.05. The summed E-state index contributed by atoms with van der Waals surface area (Å²) in [5, 5.41) is 3.64. The highest BCUT2D eigenvalue weighted by atomic mass is 127. The molecule has 1 spiro atoms. The molecule has 29 heavy (non-hydrogen) atoms. The molecular weight excluding hydrogens is 477 g/mol. The number of para-hydroxylation sites is 1. The topological polar surface area (TPSA) is 43.3 Å². The number of likely N-dealkylation sites (tertiary alicyclic amines) is 1. The predicted octanol–water partition coefficient (Wildman–Crippen LogP) is 2.50. The summed E-state index contributed by atoms with van der Waals surface area (Å²) >= 11 is 0. The van der Waals surface area contributed by atoms with Gasteiger partial charge in [-0.1, -0.05) is 18.2 Å². The molecule has 0 saturated carbocycles. The Kier molecular flexibility index (Phi) is 8.04. The molecule has 0 bridgehead atoms. The first-order valence-corrected chi connectivity index (χ1v) is 10.8. The van der Waals surface area contributed by atoms with Crippen LogP contribution in [0.1, 0.15) is 19.8 Å². The Bertz CT molecular complexity index is 656. The monoisotopic (exact) mass is 513 g/mol. The number of anilines is 1. The van der Waals surface area contributed by atoms with Crippen molar-refractivity contribution < 1.29 is 4.74 Å². The van der Waals surface area contributed by atoms with Crippen LogP contribution in [0.4, 0.5) is 5.69 Å². The molecule has 162 valence electrons. The van der Waals surface area contributed by atoms with Gasteiger partial charge in [-0.2, -0.15) is 0 Å². The number of benzene rings is 1. The molecule has 7 heteroatoms. The van der Waals surface area contributed by atoms with E-state index < -0.39 is 0 Å². The molecule has 1 aromatic rings. The first-order chi connectivity index (χ1) is 13.7. The van der Waals surface area contributed by atoms with Gasteiger partial charge in [0.1, 0.15) is 0 Å². The van der Waals surface area contributed by atoms with Crippen molar-refractivity contribution in [3.05, 3.63) is 30.3 Å². The third kappa shape index (κ3) is 5.35. The Hall–Kier alpha value is -1.06. The van der Waals surface area contributed by atoms with E-state index in [9.17, 15) is 0 Å². The second kappa shape index (κ2) is 10.3. The highest BCUT2D eigenvalue weighted by Gasteiger charge is 2.42. The van der Waals surface area contributed by atoms with Gasteiger partial charge < -0.3 is 19.9 Å². The van der Waals surface area contributed by atoms with Gasteiger partial charge in [0.25, 0.3) is 0 Å². The lowest BCUT2D eigenvalue weighted by atomic mass is 9.87. The Labute approximate surface area is 192 Å². The van der Waals surface area contributed by atoms with E-state index >= 15 is 0 Å². The second-order valence-corrected chi connectivity index (χ2v) is 8.61. The molecule has 1 N–H and O–H groups in total. The van der Waals surface area contributed by atoms with E-state index in [1.54, 1.807) is 0 Å². The molecule has 0 amide bonds. The molecule has 3 fully saturated rings. The fourth-order valence-electron chi connectivity index (χ4n) is 4.85. The highest BCUT2D eigenvalue weighted by molar-refractivity contribution is 14.0. The van der Waals surface area contributed by atoms with Crippen LogP contribution >= 0.6 is 24.0 Å². The molecule has 3 aliphatic rings. The van der Waals surface area contributed by atoms with Crippen LogP contribution in [0.25, 0.3) is 0 Å². The zero-order chi connectivity index (χ0) is 19.4. The van der Waals surface area contributed by atoms with Crippen LogP contribution in [0, 0.1) is 5.41 Å². The van der Waals surface area contributed by atoms with E-state index in [0.29, 0.717) is 11.5 Å². The van der Waals surface area contributed by atoms with Crippen molar-refractivity contribution >= 4 is 35.6 Å². The third-order valence-corrected chi connectivity index (χ3v) is 6.75. The fraction of sp³-hybridized carbons (Fsp3) is 0.682. The minimum atomic E-state index is 0. The second-order valence-electron chi connectivity index (χ2n) is 8.61. The maximum atomic E-state index is 5.66. The lowest BCUT2D eigenvalue weighted by molar-refractivity contribution is 0.156. The third-order valence-electron chi connectivity index (χ3n) is 6.75. The van der Waals surface area contributed by atoms with E-state index in [4.69, 9.17) is 4.74 Å². The molecule has 3 heterocycles. The molecule has 0 aliphatic carbocycles. The molecular formula is C22H36IN5O. The summed E-state index contributed by atoms with van der Waals surface area (Å²) in [5.41, 5.74) is 1.71. The average molecular weight is 513 g/mol. The van der Waals surface area contributed by atoms with Crippen LogP contribution in [0.15, 0.2) is 35.3 Å². The number of hydrogen-bond acceptors (Lipinski definition) is 4. The van der Waals surface area contributed by atoms with Crippen LogP contribution in [0.2, 0.25) is 0 Å². The van der Waals surface area contributed by atoms with E-state index in [-0.39, 0.29) is 24.0 Å². The number of piperazine rings is 1. The summed E-state index contributed by atoms with van der Waals surface area (Å²) < 4.78 is 5.66. The van der Waals surface area contributed by atoms with Crippen molar-refractivity contribution in [1.29, 1.82) is 0 Å². The number of halogens is 1. The van der Waals surface area contributed by atoms with E-state index in [1.807, 2.05) is 7.05 Å². The molecule has 4 rings (SSSR count). The van der Waals surface area contributed by atoms with E-state index in [1.165, 1.54) is 18.5 Å². The number of rotatable bonds is 4. The summed E-state index contributed by atoms with van der Waals surface area (Å²) in [6.45, 7) is 11.7. The van der Waals surface area contributed by atoms with Crippen LogP contribution in [-0.2, 0) is 4.74 Å². The van der Waals surface area contributed by atoms with Crippen molar-refractivity contribution in [2.75, 3.05) is 71.0 Å². The molecule has 0 radical (unpaired) electrons. The van der Waals surface area contributed by atoms with Gasteiger partial charge in [0.15, 0.2) is 5.96 Å². The maximum absolute atomic E-state index is 5.66. The lowest BCUT2D eigenvalue weighted by Crippen LogP contribution is -2.53. The van der Waals surface area contributed by atoms with Crippen molar-refractivity contribution in [2.24, 2.45) is 10.4 Å². The number of nitrogens with one attached hydrogen (secondary N) is 1. The molecule has 3 saturated heterocycles. The summed E-state index contributed by atoms with van der Waals surface area (Å²) in [7, 11) is 1.90. The highest BCUT2D eigenvalue weighted by Crippen LogP contribution is 2.38. The van der Waals surface area contributed by atoms with Gasteiger partial charge in [-0.05, 0) is 31.9 Å². The number of hydrogen-bond donors (Lipinski definition) is 1. The first-order valence-electron chi connectivity index (χ1n) is 10.8. The van der Waals surface area contributed by atoms with Crippen LogP contribution < -0.4 is 10.2 Å². The lowest BCUT2D eigenvalue weighted by Gasteiger charge is -2.39. The summed E-state index contributed by atoms with van der Waals surface area (Å²) in [4.78, 5) is 12.1. The zero-order valence-electron chi connectivity index (χ0n) is 17.8. The van der Waals surface area contributed by atoms with Crippen molar-refractivity contribution in [3.63, 3.8) is 0 Å². The Morgan fingerprint density at radius 3 is 2.55 bits per heavy atom. The van der Waals surface area contributed by atoms with Gasteiger partial charge in [-0.15, -0.1) is 24.0 Å². The number of guanidine groups is 1. The average Bonchev–Trinajstić information content (AvgIpc) is 3.39. The largest absolute Gasteiger partial charge is 0.381 e. The SMILES string of the molecule is CN=C(NCC(C)N1CCN(c2ccccc2)CC1)N1CCC2(CCOC2)C1.I. The van der Waals surface area contributed by atoms with Gasteiger partial charge in [0.05, 0.1) is 6.61 Å². The number of aliphatic imine (C=N–C) groups is 1. The van der Waals surface area contributed by atoms with Gasteiger partial charge in [-0.25, -0.2) is 0 Å². The molecule has 6 nitrogen and oxygen atoms in total. The van der Waals surface area contributed by atoms with Crippen LogP contribution in [-0.4, -0.2) is 87.9 Å². The van der Waals surface area contributed by atoms with E-state index in [2.05, 4.69) is 62.3 Å². The summed E-state index contributed by atoms with van der Waals surface area (Å²) in [6.07, 6.45) is 2.42. The number of nitrogens with zero attached hydrogens (tertiary/aromatic N) is 4. The Balaban J connectivity index is 0.00000240. The molecule has 0 aromatic heterocycles. The van der Waals surface area contributed by atoms with Crippen molar-refractivity contribution in [1.82, 2.24) is 15.1 Å². The smallest absolute Gasteiger partial charge is 0.193 e. The first kappa shape index (κ1) is 22.6. The standard InChI is InChI=1S/C22H35N5O.HI/c1-19(25-11-13-26(14-12-25)20-6-4-3-5-7-20)16-24-21(23-2)27-10-8-22(17-27)9-15-28-18-22;/h3-7,19H,8-18H2,1-2H3,(H,23,24);1H. The normalized spacial score (nSPS) is 26.6.